The molecule has 0 heterocycles. The van der Waals surface area contributed by atoms with E-state index < -0.39 is 13.7 Å². The number of hydrogen-bond donors (Lipinski definition) is 1. The molecule has 0 aliphatic heterocycles. The van der Waals surface area contributed by atoms with Crippen molar-refractivity contribution < 1.29 is 14.6 Å². The lowest BCUT2D eigenvalue weighted by molar-refractivity contribution is -0.142. The molecular weight excluding hydrogens is 232 g/mol. The molecule has 98 valence electrons. The molecule has 0 spiro atoms. The van der Waals surface area contributed by atoms with E-state index in [1.54, 1.807) is 6.92 Å². The molecule has 0 aliphatic rings. The zero-order valence-electron chi connectivity index (χ0n) is 11.6. The lowest BCUT2D eigenvalue weighted by atomic mass is 9.97. The van der Waals surface area contributed by atoms with Crippen LogP contribution in [0.25, 0.3) is 0 Å². The minimum atomic E-state index is -1.31. The SMILES string of the molecule is CC(=O)OCCC(C)(O)CCC#C[Si](C)(C)C. The van der Waals surface area contributed by atoms with Crippen LogP contribution in [0.4, 0.5) is 0 Å². The predicted molar refractivity (Wildman–Crippen MR) is 72.2 cm³/mol. The van der Waals surface area contributed by atoms with E-state index in [0.29, 0.717) is 19.3 Å². The third-order valence-electron chi connectivity index (χ3n) is 2.20. The summed E-state index contributed by atoms with van der Waals surface area (Å²) in [6.45, 7) is 9.97. The Labute approximate surface area is 106 Å². The quantitative estimate of drug-likeness (QED) is 0.466. The summed E-state index contributed by atoms with van der Waals surface area (Å²) in [5.41, 5.74) is 2.46. The molecule has 0 fully saturated rings. The first-order chi connectivity index (χ1) is 7.62. The molecule has 17 heavy (non-hydrogen) atoms. The highest BCUT2D eigenvalue weighted by Gasteiger charge is 2.19. The average molecular weight is 256 g/mol. The average Bonchev–Trinajstić information content (AvgIpc) is 2.10. The van der Waals surface area contributed by atoms with Crippen LogP contribution in [0, 0.1) is 11.5 Å². The van der Waals surface area contributed by atoms with Crippen molar-refractivity contribution in [2.24, 2.45) is 0 Å². The summed E-state index contributed by atoms with van der Waals surface area (Å²) in [4.78, 5) is 10.6. The Hall–Kier alpha value is -0.793. The van der Waals surface area contributed by atoms with Gasteiger partial charge in [0, 0.05) is 19.8 Å². The Bertz CT molecular complexity index is 305. The zero-order valence-corrected chi connectivity index (χ0v) is 12.6. The normalized spacial score (nSPS) is 14.5. The summed E-state index contributed by atoms with van der Waals surface area (Å²) in [5.74, 6) is 2.82. The van der Waals surface area contributed by atoms with E-state index in [2.05, 4.69) is 31.1 Å². The standard InChI is InChI=1S/C13H24O3Si/c1-12(14)16-10-9-13(2,15)8-6-7-11-17(3,4)5/h15H,6,8-10H2,1-5H3. The molecule has 0 aliphatic carbocycles. The number of carbonyl (C=O) groups excluding carboxylic acids is 1. The molecule has 4 heteroatoms. The van der Waals surface area contributed by atoms with Crippen LogP contribution in [-0.4, -0.2) is 31.4 Å². The lowest BCUT2D eigenvalue weighted by Gasteiger charge is -2.21. The van der Waals surface area contributed by atoms with Gasteiger partial charge in [0.15, 0.2) is 0 Å². The molecular formula is C13H24O3Si. The fraction of sp³-hybridized carbons (Fsp3) is 0.769. The van der Waals surface area contributed by atoms with E-state index in [1.807, 2.05) is 0 Å². The van der Waals surface area contributed by atoms with Gasteiger partial charge in [0.25, 0.3) is 0 Å². The highest BCUT2D eigenvalue weighted by atomic mass is 28.3. The van der Waals surface area contributed by atoms with E-state index >= 15 is 0 Å². The summed E-state index contributed by atoms with van der Waals surface area (Å²) in [6, 6.07) is 0. The number of rotatable bonds is 5. The topological polar surface area (TPSA) is 46.5 Å². The van der Waals surface area contributed by atoms with Crippen LogP contribution in [-0.2, 0) is 9.53 Å². The van der Waals surface area contributed by atoms with Gasteiger partial charge in [-0.05, 0) is 13.3 Å². The van der Waals surface area contributed by atoms with Gasteiger partial charge in [0.2, 0.25) is 0 Å². The van der Waals surface area contributed by atoms with Gasteiger partial charge in [-0.1, -0.05) is 19.6 Å². The summed E-state index contributed by atoms with van der Waals surface area (Å²) in [7, 11) is -1.31. The molecule has 0 bridgehead atoms. The molecule has 0 aromatic rings. The number of hydrogen-bond acceptors (Lipinski definition) is 3. The summed E-state index contributed by atoms with van der Waals surface area (Å²) >= 11 is 0. The van der Waals surface area contributed by atoms with Crippen molar-refractivity contribution in [3.63, 3.8) is 0 Å². The molecule has 0 aromatic carbocycles. The van der Waals surface area contributed by atoms with Crippen LogP contribution >= 0.6 is 0 Å². The van der Waals surface area contributed by atoms with Crippen molar-refractivity contribution in [3.8, 4) is 11.5 Å². The maximum Gasteiger partial charge on any atom is 0.302 e. The van der Waals surface area contributed by atoms with Crippen molar-refractivity contribution in [1.29, 1.82) is 0 Å². The van der Waals surface area contributed by atoms with Gasteiger partial charge in [0.05, 0.1) is 12.2 Å². The third-order valence-corrected chi connectivity index (χ3v) is 3.12. The molecule has 0 rings (SSSR count). The number of carbonyl (C=O) groups is 1. The third kappa shape index (κ3) is 11.5. The van der Waals surface area contributed by atoms with Gasteiger partial charge in [0.1, 0.15) is 8.07 Å². The van der Waals surface area contributed by atoms with Gasteiger partial charge in [-0.2, -0.15) is 0 Å². The molecule has 3 nitrogen and oxygen atoms in total. The Morgan fingerprint density at radius 3 is 2.41 bits per heavy atom. The highest BCUT2D eigenvalue weighted by Crippen LogP contribution is 2.16. The zero-order chi connectivity index (χ0) is 13.5. The van der Waals surface area contributed by atoms with Gasteiger partial charge < -0.3 is 9.84 Å². The number of ether oxygens (including phenoxy) is 1. The molecule has 0 saturated carbocycles. The lowest BCUT2D eigenvalue weighted by Crippen LogP contribution is -2.26. The van der Waals surface area contributed by atoms with Crippen LogP contribution in [0.3, 0.4) is 0 Å². The summed E-state index contributed by atoms with van der Waals surface area (Å²) < 4.78 is 4.81. The van der Waals surface area contributed by atoms with Crippen molar-refractivity contribution in [2.45, 2.75) is 58.4 Å². The van der Waals surface area contributed by atoms with E-state index in [4.69, 9.17) is 4.74 Å². The Balaban J connectivity index is 3.92. The monoisotopic (exact) mass is 256 g/mol. The van der Waals surface area contributed by atoms with Crippen molar-refractivity contribution in [2.75, 3.05) is 6.61 Å². The van der Waals surface area contributed by atoms with Crippen LogP contribution in [0.15, 0.2) is 0 Å². The minimum Gasteiger partial charge on any atom is -0.466 e. The van der Waals surface area contributed by atoms with Gasteiger partial charge >= 0.3 is 5.97 Å². The largest absolute Gasteiger partial charge is 0.466 e. The molecule has 0 saturated heterocycles. The molecule has 0 radical (unpaired) electrons. The first-order valence-corrected chi connectivity index (χ1v) is 9.48. The maximum absolute atomic E-state index is 10.6. The molecule has 1 atom stereocenters. The summed E-state index contributed by atoms with van der Waals surface area (Å²) in [5, 5.41) is 10.0. The number of aliphatic hydroxyl groups is 1. The van der Waals surface area contributed by atoms with Crippen LogP contribution in [0.1, 0.15) is 33.1 Å². The Kier molecular flexibility index (Phi) is 6.51. The molecule has 1 unspecified atom stereocenters. The molecule has 0 amide bonds. The first-order valence-electron chi connectivity index (χ1n) is 5.98. The van der Waals surface area contributed by atoms with Crippen molar-refractivity contribution >= 4 is 14.0 Å². The second-order valence-electron chi connectivity index (χ2n) is 5.64. The van der Waals surface area contributed by atoms with E-state index in [9.17, 15) is 9.90 Å². The first kappa shape index (κ1) is 16.2. The van der Waals surface area contributed by atoms with Crippen LogP contribution in [0.2, 0.25) is 19.6 Å². The van der Waals surface area contributed by atoms with Crippen molar-refractivity contribution in [1.82, 2.24) is 0 Å². The smallest absolute Gasteiger partial charge is 0.302 e. The fourth-order valence-corrected chi connectivity index (χ4v) is 1.85. The van der Waals surface area contributed by atoms with E-state index in [1.165, 1.54) is 6.92 Å². The van der Waals surface area contributed by atoms with E-state index in [0.717, 1.165) is 0 Å². The van der Waals surface area contributed by atoms with Crippen LogP contribution < -0.4 is 0 Å². The number of esters is 1. The maximum atomic E-state index is 10.6. The fourth-order valence-electron chi connectivity index (χ4n) is 1.20. The highest BCUT2D eigenvalue weighted by molar-refractivity contribution is 6.83. The van der Waals surface area contributed by atoms with Gasteiger partial charge in [-0.3, -0.25) is 4.79 Å². The Morgan fingerprint density at radius 2 is 1.94 bits per heavy atom. The van der Waals surface area contributed by atoms with Gasteiger partial charge in [-0.15, -0.1) is 11.5 Å². The molecule has 0 aromatic heterocycles. The van der Waals surface area contributed by atoms with E-state index in [-0.39, 0.29) is 12.6 Å². The van der Waals surface area contributed by atoms with Gasteiger partial charge in [-0.25, -0.2) is 0 Å². The Morgan fingerprint density at radius 1 is 1.35 bits per heavy atom. The predicted octanol–water partition coefficient (Wildman–Crippen LogP) is 2.35. The minimum absolute atomic E-state index is 0.268. The van der Waals surface area contributed by atoms with Crippen LogP contribution in [0.5, 0.6) is 0 Å². The second kappa shape index (κ2) is 6.82. The second-order valence-corrected chi connectivity index (χ2v) is 10.4. The summed E-state index contributed by atoms with van der Waals surface area (Å²) in [6.07, 6.45) is 1.77. The van der Waals surface area contributed by atoms with Crippen molar-refractivity contribution in [3.05, 3.63) is 0 Å². The molecule has 1 N–H and O–H groups in total.